The summed E-state index contributed by atoms with van der Waals surface area (Å²) in [6.07, 6.45) is -3.37. The molecule has 0 saturated carbocycles. The summed E-state index contributed by atoms with van der Waals surface area (Å²) in [6.45, 7) is 1.45. The summed E-state index contributed by atoms with van der Waals surface area (Å²) in [6, 6.07) is 5.99. The third kappa shape index (κ3) is 5.72. The number of aliphatic hydroxyl groups is 1. The maximum Gasteiger partial charge on any atom is 0.443 e. The molecule has 122 valence electrons. The number of hydrogen-bond acceptors (Lipinski definition) is 5. The van der Waals surface area contributed by atoms with Crippen LogP contribution in [0.3, 0.4) is 0 Å². The second kappa shape index (κ2) is 7.18. The topological polar surface area (TPSA) is 87.5 Å². The van der Waals surface area contributed by atoms with Gasteiger partial charge in [0, 0.05) is 6.20 Å². The van der Waals surface area contributed by atoms with E-state index < -0.39 is 27.9 Å². The molecule has 0 atom stereocenters. The van der Waals surface area contributed by atoms with E-state index in [1.165, 1.54) is 12.1 Å². The van der Waals surface area contributed by atoms with Crippen molar-refractivity contribution in [3.05, 3.63) is 45.9 Å². The molecule has 0 bridgehead atoms. The van der Waals surface area contributed by atoms with Crippen molar-refractivity contribution < 1.29 is 31.2 Å². The molecule has 0 spiro atoms. The van der Waals surface area contributed by atoms with Crippen molar-refractivity contribution in [1.29, 1.82) is 0 Å². The van der Waals surface area contributed by atoms with Gasteiger partial charge in [0.25, 0.3) is 10.1 Å². The van der Waals surface area contributed by atoms with Crippen molar-refractivity contribution in [2.45, 2.75) is 24.6 Å². The fraction of sp³-hybridized carbons (Fsp3) is 0.250. The van der Waals surface area contributed by atoms with Crippen LogP contribution in [0.1, 0.15) is 15.4 Å². The molecule has 22 heavy (non-hydrogen) atoms. The van der Waals surface area contributed by atoms with Gasteiger partial charge >= 0.3 is 6.18 Å². The molecule has 1 aromatic carbocycles. The van der Waals surface area contributed by atoms with Crippen molar-refractivity contribution in [1.82, 2.24) is 4.98 Å². The van der Waals surface area contributed by atoms with Crippen LogP contribution < -0.4 is 0 Å². The lowest BCUT2D eigenvalue weighted by Crippen LogP contribution is -2.02. The van der Waals surface area contributed by atoms with Crippen molar-refractivity contribution in [2.24, 2.45) is 0 Å². The summed E-state index contributed by atoms with van der Waals surface area (Å²) in [4.78, 5) is 3.24. The van der Waals surface area contributed by atoms with Crippen molar-refractivity contribution >= 4 is 21.5 Å². The van der Waals surface area contributed by atoms with Crippen LogP contribution in [0.5, 0.6) is 0 Å². The minimum Gasteiger partial charge on any atom is -0.391 e. The van der Waals surface area contributed by atoms with Crippen LogP contribution in [0.15, 0.2) is 35.4 Å². The number of benzene rings is 1. The Kier molecular flexibility index (Phi) is 6.06. The molecule has 1 aromatic heterocycles. The SMILES string of the molecule is Cc1ccc(S(=O)(=O)O)cc1.OCc1cnc(C(F)(F)F)s1. The van der Waals surface area contributed by atoms with Gasteiger partial charge in [-0.15, -0.1) is 11.3 Å². The lowest BCUT2D eigenvalue weighted by Gasteiger charge is -1.98. The predicted molar refractivity (Wildman–Crippen MR) is 74.0 cm³/mol. The van der Waals surface area contributed by atoms with Crippen LogP contribution in [0.4, 0.5) is 13.2 Å². The molecule has 5 nitrogen and oxygen atoms in total. The van der Waals surface area contributed by atoms with E-state index in [9.17, 15) is 21.6 Å². The zero-order valence-electron chi connectivity index (χ0n) is 11.2. The average Bonchev–Trinajstić information content (AvgIpc) is 2.87. The van der Waals surface area contributed by atoms with E-state index in [0.29, 0.717) is 11.3 Å². The van der Waals surface area contributed by atoms with E-state index in [2.05, 4.69) is 4.98 Å². The van der Waals surface area contributed by atoms with Crippen molar-refractivity contribution in [3.63, 3.8) is 0 Å². The molecular weight excluding hydrogens is 343 g/mol. The Balaban J connectivity index is 0.000000220. The molecule has 0 amide bonds. The maximum atomic E-state index is 11.8. The van der Waals surface area contributed by atoms with Gasteiger partial charge in [-0.2, -0.15) is 21.6 Å². The smallest absolute Gasteiger partial charge is 0.391 e. The van der Waals surface area contributed by atoms with E-state index in [4.69, 9.17) is 9.66 Å². The fourth-order valence-corrected chi connectivity index (χ4v) is 2.34. The highest BCUT2D eigenvalue weighted by Crippen LogP contribution is 2.32. The van der Waals surface area contributed by atoms with E-state index in [-0.39, 0.29) is 9.77 Å². The molecule has 2 aromatic rings. The molecule has 2 rings (SSSR count). The fourth-order valence-electron chi connectivity index (χ4n) is 1.22. The number of aromatic nitrogens is 1. The summed E-state index contributed by atoms with van der Waals surface area (Å²) in [5.41, 5.74) is 0.956. The Morgan fingerprint density at radius 1 is 1.23 bits per heavy atom. The van der Waals surface area contributed by atoms with Crippen LogP contribution in [0.2, 0.25) is 0 Å². The molecule has 0 saturated heterocycles. The van der Waals surface area contributed by atoms with E-state index in [1.807, 2.05) is 6.92 Å². The maximum absolute atomic E-state index is 11.8. The Hall–Kier alpha value is -1.49. The predicted octanol–water partition coefficient (Wildman–Crippen LogP) is 2.90. The van der Waals surface area contributed by atoms with Crippen LogP contribution in [0.25, 0.3) is 0 Å². The molecule has 10 heteroatoms. The quantitative estimate of drug-likeness (QED) is 0.809. The molecule has 1 heterocycles. The standard InChI is InChI=1S/C7H8O3S.C5H4F3NOS/c1-6-2-4-7(5-3-6)11(8,9)10;6-5(7,8)4-9-1-3(2-10)11-4/h2-5H,1H3,(H,8,9,10);1,10H,2H2. The first-order valence-corrected chi connectivity index (χ1v) is 7.96. The first-order valence-electron chi connectivity index (χ1n) is 5.71. The molecule has 0 unspecified atom stereocenters. The molecule has 2 N–H and O–H groups in total. The Bertz CT molecular complexity index is 709. The highest BCUT2D eigenvalue weighted by molar-refractivity contribution is 7.85. The van der Waals surface area contributed by atoms with Gasteiger partial charge in [-0.3, -0.25) is 4.55 Å². The summed E-state index contributed by atoms with van der Waals surface area (Å²) >= 11 is 0.454. The summed E-state index contributed by atoms with van der Waals surface area (Å²) in [5.74, 6) is 0. The van der Waals surface area contributed by atoms with Gasteiger partial charge in [0.1, 0.15) is 0 Å². The minimum atomic E-state index is -4.39. The monoisotopic (exact) mass is 355 g/mol. The second-order valence-electron chi connectivity index (χ2n) is 4.08. The number of hydrogen-bond donors (Lipinski definition) is 2. The second-order valence-corrected chi connectivity index (χ2v) is 6.61. The number of aryl methyl sites for hydroxylation is 1. The lowest BCUT2D eigenvalue weighted by molar-refractivity contribution is -0.137. The average molecular weight is 355 g/mol. The van der Waals surface area contributed by atoms with Gasteiger partial charge in [-0.1, -0.05) is 17.7 Å². The molecule has 0 radical (unpaired) electrons. The Morgan fingerprint density at radius 3 is 2.09 bits per heavy atom. The van der Waals surface area contributed by atoms with Gasteiger partial charge in [-0.05, 0) is 19.1 Å². The van der Waals surface area contributed by atoms with Gasteiger partial charge in [0.15, 0.2) is 5.01 Å². The summed E-state index contributed by atoms with van der Waals surface area (Å²) in [5, 5.41) is 7.50. The van der Waals surface area contributed by atoms with Crippen molar-refractivity contribution in [3.8, 4) is 0 Å². The highest BCUT2D eigenvalue weighted by Gasteiger charge is 2.34. The van der Waals surface area contributed by atoms with Gasteiger partial charge in [-0.25, -0.2) is 4.98 Å². The number of alkyl halides is 3. The number of halogens is 3. The van der Waals surface area contributed by atoms with Crippen LogP contribution in [0, 0.1) is 6.92 Å². The highest BCUT2D eigenvalue weighted by atomic mass is 32.2. The first kappa shape index (κ1) is 18.6. The lowest BCUT2D eigenvalue weighted by atomic mass is 10.2. The Labute approximate surface area is 128 Å². The van der Waals surface area contributed by atoms with Crippen LogP contribution in [-0.2, 0) is 22.9 Å². The summed E-state index contributed by atoms with van der Waals surface area (Å²) in [7, 11) is -4.02. The van der Waals surface area contributed by atoms with E-state index >= 15 is 0 Å². The first-order chi connectivity index (χ1) is 10.0. The summed E-state index contributed by atoms with van der Waals surface area (Å²) < 4.78 is 65.0. The van der Waals surface area contributed by atoms with Gasteiger partial charge in [0.05, 0.1) is 16.4 Å². The molecule has 0 fully saturated rings. The molecular formula is C12H12F3NO4S2. The number of thiazole rings is 1. The van der Waals surface area contributed by atoms with E-state index in [0.717, 1.165) is 11.8 Å². The Morgan fingerprint density at radius 2 is 1.77 bits per heavy atom. The van der Waals surface area contributed by atoms with Gasteiger partial charge in [0.2, 0.25) is 0 Å². The molecule has 0 aliphatic carbocycles. The largest absolute Gasteiger partial charge is 0.443 e. The minimum absolute atomic E-state index is 0.0666. The molecule has 0 aliphatic heterocycles. The third-order valence-corrected chi connectivity index (χ3v) is 4.17. The number of rotatable bonds is 2. The zero-order chi connectivity index (χ0) is 17.0. The molecule has 0 aliphatic rings. The van der Waals surface area contributed by atoms with Gasteiger partial charge < -0.3 is 5.11 Å². The number of aliphatic hydroxyl groups excluding tert-OH is 1. The van der Waals surface area contributed by atoms with E-state index in [1.54, 1.807) is 12.1 Å². The third-order valence-electron chi connectivity index (χ3n) is 2.27. The normalized spacial score (nSPS) is 11.7. The van der Waals surface area contributed by atoms with Crippen molar-refractivity contribution in [2.75, 3.05) is 0 Å². The zero-order valence-corrected chi connectivity index (χ0v) is 12.8. The number of nitrogens with zero attached hydrogens (tertiary/aromatic N) is 1. The van der Waals surface area contributed by atoms with Crippen LogP contribution >= 0.6 is 11.3 Å². The van der Waals surface area contributed by atoms with Crippen LogP contribution in [-0.4, -0.2) is 23.1 Å².